The third-order valence-corrected chi connectivity index (χ3v) is 5.11. The number of esters is 1. The molecule has 2 rings (SSSR count). The Hall–Kier alpha value is -1.40. The van der Waals surface area contributed by atoms with Crippen LogP contribution in [0.5, 0.6) is 0 Å². The fraction of sp³-hybridized carbons (Fsp3) is 0.263. The van der Waals surface area contributed by atoms with Crippen molar-refractivity contribution in [3.05, 3.63) is 68.7 Å². The van der Waals surface area contributed by atoms with Crippen molar-refractivity contribution in [2.45, 2.75) is 19.1 Å². The van der Waals surface area contributed by atoms with Crippen LogP contribution in [-0.2, 0) is 16.1 Å². The molecule has 2 aromatic rings. The van der Waals surface area contributed by atoms with Crippen LogP contribution < -0.4 is 5.32 Å². The Kier molecular flexibility index (Phi) is 8.77. The summed E-state index contributed by atoms with van der Waals surface area (Å²) in [5, 5.41) is 3.95. The standard InChI is InChI=1S/C19H18Cl3NO3S/c1-27-9-8-17(19(25)26-11-12-2-4-13(20)5-3-12)23-18(24)15-7-6-14(21)10-16(15)22/h2-7,10,17H,8-9,11H2,1H3,(H,23,24). The second kappa shape index (κ2) is 10.8. The highest BCUT2D eigenvalue weighted by Gasteiger charge is 2.23. The third kappa shape index (κ3) is 6.92. The number of carbonyl (C=O) groups is 2. The smallest absolute Gasteiger partial charge is 0.329 e. The van der Waals surface area contributed by atoms with E-state index in [1.54, 1.807) is 42.1 Å². The van der Waals surface area contributed by atoms with E-state index in [0.717, 1.165) is 5.56 Å². The van der Waals surface area contributed by atoms with Crippen molar-refractivity contribution < 1.29 is 14.3 Å². The van der Waals surface area contributed by atoms with Gasteiger partial charge in [0.2, 0.25) is 0 Å². The van der Waals surface area contributed by atoms with Crippen LogP contribution in [0.4, 0.5) is 0 Å². The summed E-state index contributed by atoms with van der Waals surface area (Å²) in [5.41, 5.74) is 1.06. The minimum Gasteiger partial charge on any atom is -0.459 e. The molecule has 1 amide bonds. The Balaban J connectivity index is 2.03. The molecule has 2 aromatic carbocycles. The minimum atomic E-state index is -0.774. The molecule has 0 aromatic heterocycles. The van der Waals surface area contributed by atoms with E-state index >= 15 is 0 Å². The predicted octanol–water partition coefficient (Wildman–Crippen LogP) is 5.24. The SMILES string of the molecule is CSCCC(NC(=O)c1ccc(Cl)cc1Cl)C(=O)OCc1ccc(Cl)cc1. The molecule has 0 aliphatic carbocycles. The van der Waals surface area contributed by atoms with Gasteiger partial charge in [-0.25, -0.2) is 4.79 Å². The van der Waals surface area contributed by atoms with Gasteiger partial charge in [-0.05, 0) is 54.3 Å². The van der Waals surface area contributed by atoms with E-state index in [1.165, 1.54) is 12.1 Å². The summed E-state index contributed by atoms with van der Waals surface area (Å²) in [6.07, 6.45) is 2.37. The van der Waals surface area contributed by atoms with Crippen molar-refractivity contribution in [2.75, 3.05) is 12.0 Å². The van der Waals surface area contributed by atoms with Crippen molar-refractivity contribution in [1.82, 2.24) is 5.32 Å². The molecule has 1 N–H and O–H groups in total. The Labute approximate surface area is 177 Å². The fourth-order valence-electron chi connectivity index (χ4n) is 2.23. The highest BCUT2D eigenvalue weighted by molar-refractivity contribution is 7.98. The monoisotopic (exact) mass is 445 g/mol. The highest BCUT2D eigenvalue weighted by Crippen LogP contribution is 2.21. The van der Waals surface area contributed by atoms with Crippen LogP contribution in [0.1, 0.15) is 22.3 Å². The summed E-state index contributed by atoms with van der Waals surface area (Å²) in [6, 6.07) is 10.8. The molecule has 1 unspecified atom stereocenters. The summed E-state index contributed by atoms with van der Waals surface area (Å²) in [4.78, 5) is 25.0. The van der Waals surface area contributed by atoms with Gasteiger partial charge in [-0.3, -0.25) is 4.79 Å². The fourth-order valence-corrected chi connectivity index (χ4v) is 3.32. The van der Waals surface area contributed by atoms with Gasteiger partial charge < -0.3 is 10.1 Å². The number of hydrogen-bond donors (Lipinski definition) is 1. The molecule has 0 aliphatic heterocycles. The van der Waals surface area contributed by atoms with Crippen molar-refractivity contribution in [3.63, 3.8) is 0 Å². The van der Waals surface area contributed by atoms with Gasteiger partial charge >= 0.3 is 5.97 Å². The number of halogens is 3. The second-order valence-electron chi connectivity index (χ2n) is 5.67. The number of amides is 1. The van der Waals surface area contributed by atoms with Crippen molar-refractivity contribution in [3.8, 4) is 0 Å². The van der Waals surface area contributed by atoms with Gasteiger partial charge in [-0.15, -0.1) is 0 Å². The molecule has 0 spiro atoms. The lowest BCUT2D eigenvalue weighted by molar-refractivity contribution is -0.147. The third-order valence-electron chi connectivity index (χ3n) is 3.67. The summed E-state index contributed by atoms with van der Waals surface area (Å²) < 4.78 is 5.35. The van der Waals surface area contributed by atoms with Gasteiger partial charge in [0.1, 0.15) is 12.6 Å². The van der Waals surface area contributed by atoms with Crippen LogP contribution in [-0.4, -0.2) is 29.9 Å². The van der Waals surface area contributed by atoms with Crippen molar-refractivity contribution in [1.29, 1.82) is 0 Å². The molecule has 144 valence electrons. The quantitative estimate of drug-likeness (QED) is 0.563. The number of nitrogens with one attached hydrogen (secondary N) is 1. The highest BCUT2D eigenvalue weighted by atomic mass is 35.5. The lowest BCUT2D eigenvalue weighted by atomic mass is 10.1. The Morgan fingerprint density at radius 1 is 1.07 bits per heavy atom. The largest absolute Gasteiger partial charge is 0.459 e. The summed E-state index contributed by atoms with van der Waals surface area (Å²) >= 11 is 19.3. The molecule has 4 nitrogen and oxygen atoms in total. The van der Waals surface area contributed by atoms with E-state index in [1.807, 2.05) is 6.26 Å². The van der Waals surface area contributed by atoms with Crippen LogP contribution in [0.3, 0.4) is 0 Å². The van der Waals surface area contributed by atoms with E-state index in [0.29, 0.717) is 22.2 Å². The Morgan fingerprint density at radius 2 is 1.74 bits per heavy atom. The van der Waals surface area contributed by atoms with Gasteiger partial charge in [0.15, 0.2) is 0 Å². The number of hydrogen-bond acceptors (Lipinski definition) is 4. The maximum atomic E-state index is 12.5. The number of ether oxygens (including phenoxy) is 1. The predicted molar refractivity (Wildman–Crippen MR) is 112 cm³/mol. The Morgan fingerprint density at radius 3 is 2.37 bits per heavy atom. The maximum absolute atomic E-state index is 12.5. The topological polar surface area (TPSA) is 55.4 Å². The molecular formula is C19H18Cl3NO3S. The van der Waals surface area contributed by atoms with Crippen LogP contribution >= 0.6 is 46.6 Å². The summed E-state index contributed by atoms with van der Waals surface area (Å²) in [7, 11) is 0. The minimum absolute atomic E-state index is 0.101. The van der Waals surface area contributed by atoms with Gasteiger partial charge in [-0.1, -0.05) is 46.9 Å². The summed E-state index contributed by atoms with van der Waals surface area (Å²) in [6.45, 7) is 0.101. The van der Waals surface area contributed by atoms with E-state index < -0.39 is 17.9 Å². The molecule has 0 fully saturated rings. The number of rotatable bonds is 8. The van der Waals surface area contributed by atoms with Crippen LogP contribution in [0.2, 0.25) is 15.1 Å². The first kappa shape index (κ1) is 21.9. The van der Waals surface area contributed by atoms with Crippen LogP contribution in [0.15, 0.2) is 42.5 Å². The molecule has 0 bridgehead atoms. The first-order valence-electron chi connectivity index (χ1n) is 8.06. The van der Waals surface area contributed by atoms with Gasteiger partial charge in [0, 0.05) is 10.0 Å². The molecule has 0 radical (unpaired) electrons. The second-order valence-corrected chi connectivity index (χ2v) is 7.93. The molecule has 27 heavy (non-hydrogen) atoms. The van der Waals surface area contributed by atoms with E-state index in [4.69, 9.17) is 39.5 Å². The zero-order valence-electron chi connectivity index (χ0n) is 14.5. The van der Waals surface area contributed by atoms with Gasteiger partial charge in [-0.2, -0.15) is 11.8 Å². The maximum Gasteiger partial charge on any atom is 0.329 e. The molecule has 0 aliphatic rings. The number of carbonyl (C=O) groups excluding carboxylic acids is 2. The molecular weight excluding hydrogens is 429 g/mol. The lowest BCUT2D eigenvalue weighted by Crippen LogP contribution is -2.42. The first-order chi connectivity index (χ1) is 12.9. The molecule has 1 atom stereocenters. The average molecular weight is 447 g/mol. The average Bonchev–Trinajstić information content (AvgIpc) is 2.64. The normalized spacial score (nSPS) is 11.7. The van der Waals surface area contributed by atoms with Crippen LogP contribution in [0, 0.1) is 0 Å². The first-order valence-corrected chi connectivity index (χ1v) is 10.6. The van der Waals surface area contributed by atoms with Gasteiger partial charge in [0.05, 0.1) is 10.6 Å². The van der Waals surface area contributed by atoms with E-state index in [-0.39, 0.29) is 17.2 Å². The number of benzene rings is 2. The van der Waals surface area contributed by atoms with E-state index in [9.17, 15) is 9.59 Å². The van der Waals surface area contributed by atoms with E-state index in [2.05, 4.69) is 5.32 Å². The Bertz CT molecular complexity index is 799. The lowest BCUT2D eigenvalue weighted by Gasteiger charge is -2.18. The van der Waals surface area contributed by atoms with Crippen molar-refractivity contribution in [2.24, 2.45) is 0 Å². The van der Waals surface area contributed by atoms with Gasteiger partial charge in [0.25, 0.3) is 5.91 Å². The zero-order valence-corrected chi connectivity index (χ0v) is 17.6. The van der Waals surface area contributed by atoms with Crippen molar-refractivity contribution >= 4 is 58.4 Å². The number of thioether (sulfide) groups is 1. The molecule has 8 heteroatoms. The zero-order chi connectivity index (χ0) is 19.8. The molecule has 0 saturated heterocycles. The van der Waals surface area contributed by atoms with Crippen LogP contribution in [0.25, 0.3) is 0 Å². The molecule has 0 saturated carbocycles. The summed E-state index contributed by atoms with van der Waals surface area (Å²) in [5.74, 6) is -0.265. The molecule has 0 heterocycles.